The number of rotatable bonds is 4. The van der Waals surface area contributed by atoms with Gasteiger partial charge in [-0.3, -0.25) is 9.58 Å². The van der Waals surface area contributed by atoms with Crippen LogP contribution in [0.4, 0.5) is 0 Å². The molecule has 1 aromatic rings. The zero-order valence-corrected chi connectivity index (χ0v) is 12.0. The van der Waals surface area contributed by atoms with Crippen molar-refractivity contribution in [1.82, 2.24) is 20.0 Å². The fraction of sp³-hybridized carbons (Fsp3) is 0.800. The summed E-state index contributed by atoms with van der Waals surface area (Å²) in [4.78, 5) is 2.59. The molecule has 1 N–H and O–H groups in total. The quantitative estimate of drug-likeness (QED) is 0.899. The Morgan fingerprint density at radius 2 is 2.16 bits per heavy atom. The first-order valence-corrected chi connectivity index (χ1v) is 7.82. The smallest absolute Gasteiger partial charge is 0.0534 e. The molecule has 2 saturated heterocycles. The molecule has 0 radical (unpaired) electrons. The van der Waals surface area contributed by atoms with E-state index in [1.165, 1.54) is 50.9 Å². The van der Waals surface area contributed by atoms with Gasteiger partial charge >= 0.3 is 0 Å². The van der Waals surface area contributed by atoms with Crippen LogP contribution < -0.4 is 5.32 Å². The van der Waals surface area contributed by atoms with Gasteiger partial charge in [-0.05, 0) is 58.2 Å². The molecule has 3 heterocycles. The monoisotopic (exact) mass is 262 g/mol. The highest BCUT2D eigenvalue weighted by atomic mass is 15.3. The molecule has 0 saturated carbocycles. The van der Waals surface area contributed by atoms with Gasteiger partial charge in [0.15, 0.2) is 0 Å². The van der Waals surface area contributed by atoms with Gasteiger partial charge in [0, 0.05) is 30.9 Å². The van der Waals surface area contributed by atoms with E-state index in [2.05, 4.69) is 28.4 Å². The van der Waals surface area contributed by atoms with Gasteiger partial charge in [0.2, 0.25) is 0 Å². The van der Waals surface area contributed by atoms with E-state index in [9.17, 15) is 0 Å². The number of piperidine rings is 1. The second kappa shape index (κ2) is 6.06. The summed E-state index contributed by atoms with van der Waals surface area (Å²) >= 11 is 0. The maximum absolute atomic E-state index is 4.36. The molecule has 2 aliphatic heterocycles. The minimum atomic E-state index is 0.810. The lowest BCUT2D eigenvalue weighted by Gasteiger charge is -2.34. The molecule has 0 spiro atoms. The van der Waals surface area contributed by atoms with Crippen LogP contribution in [0, 0.1) is 5.92 Å². The van der Waals surface area contributed by atoms with Gasteiger partial charge in [0.05, 0.1) is 6.20 Å². The molecule has 0 aromatic carbocycles. The normalized spacial score (nSPS) is 26.1. The highest BCUT2D eigenvalue weighted by Crippen LogP contribution is 2.26. The summed E-state index contributed by atoms with van der Waals surface area (Å²) < 4.78 is 2.02. The standard InChI is InChI=1S/C15H26N4/c1-2-19-12-13(10-17-19)11-18-8-5-14(6-9-18)15-4-3-7-16-15/h10,12,14-16H,2-9,11H2,1H3. The molecule has 0 amide bonds. The summed E-state index contributed by atoms with van der Waals surface area (Å²) in [5.74, 6) is 0.914. The van der Waals surface area contributed by atoms with Crippen LogP contribution in [0.2, 0.25) is 0 Å². The fourth-order valence-corrected chi connectivity index (χ4v) is 3.55. The lowest BCUT2D eigenvalue weighted by atomic mass is 9.88. The van der Waals surface area contributed by atoms with Crippen molar-refractivity contribution in [2.45, 2.75) is 51.7 Å². The third-order valence-corrected chi connectivity index (χ3v) is 4.72. The van der Waals surface area contributed by atoms with Crippen molar-refractivity contribution in [1.29, 1.82) is 0 Å². The summed E-state index contributed by atoms with van der Waals surface area (Å²) in [6.45, 7) is 7.92. The molecular weight excluding hydrogens is 236 g/mol. The molecule has 1 aromatic heterocycles. The maximum Gasteiger partial charge on any atom is 0.0534 e. The number of nitrogens with one attached hydrogen (secondary N) is 1. The van der Waals surface area contributed by atoms with E-state index in [0.29, 0.717) is 0 Å². The largest absolute Gasteiger partial charge is 0.314 e. The zero-order chi connectivity index (χ0) is 13.1. The van der Waals surface area contributed by atoms with Crippen LogP contribution in [0.3, 0.4) is 0 Å². The molecule has 2 fully saturated rings. The molecular formula is C15H26N4. The molecule has 0 bridgehead atoms. The first kappa shape index (κ1) is 13.1. The summed E-state index contributed by atoms with van der Waals surface area (Å²) in [7, 11) is 0. The summed E-state index contributed by atoms with van der Waals surface area (Å²) in [5.41, 5.74) is 1.36. The average molecular weight is 262 g/mol. The van der Waals surface area contributed by atoms with E-state index in [4.69, 9.17) is 0 Å². The minimum absolute atomic E-state index is 0.810. The minimum Gasteiger partial charge on any atom is -0.314 e. The van der Waals surface area contributed by atoms with Crippen molar-refractivity contribution in [2.75, 3.05) is 19.6 Å². The Morgan fingerprint density at radius 3 is 2.79 bits per heavy atom. The van der Waals surface area contributed by atoms with Crippen LogP contribution >= 0.6 is 0 Å². The fourth-order valence-electron chi connectivity index (χ4n) is 3.55. The van der Waals surface area contributed by atoms with Crippen molar-refractivity contribution >= 4 is 0 Å². The Labute approximate surface area is 116 Å². The Hall–Kier alpha value is -0.870. The highest BCUT2D eigenvalue weighted by Gasteiger charge is 2.28. The van der Waals surface area contributed by atoms with E-state index in [1.54, 1.807) is 0 Å². The van der Waals surface area contributed by atoms with Gasteiger partial charge in [-0.25, -0.2) is 0 Å². The number of hydrogen-bond acceptors (Lipinski definition) is 3. The van der Waals surface area contributed by atoms with Crippen molar-refractivity contribution in [3.05, 3.63) is 18.0 Å². The van der Waals surface area contributed by atoms with Gasteiger partial charge < -0.3 is 5.32 Å². The first-order valence-electron chi connectivity index (χ1n) is 7.82. The van der Waals surface area contributed by atoms with Gasteiger partial charge in [0.1, 0.15) is 0 Å². The SMILES string of the molecule is CCn1cc(CN2CCC(C3CCCN3)CC2)cn1. The van der Waals surface area contributed by atoms with Crippen molar-refractivity contribution in [2.24, 2.45) is 5.92 Å². The third kappa shape index (κ3) is 3.18. The Bertz CT molecular complexity index is 387. The summed E-state index contributed by atoms with van der Waals surface area (Å²) in [5, 5.41) is 8.03. The van der Waals surface area contributed by atoms with Crippen molar-refractivity contribution in [3.8, 4) is 0 Å². The molecule has 1 atom stereocenters. The molecule has 4 heteroatoms. The van der Waals surface area contributed by atoms with Crippen LogP contribution in [0.15, 0.2) is 12.4 Å². The molecule has 0 aliphatic carbocycles. The molecule has 19 heavy (non-hydrogen) atoms. The molecule has 106 valence electrons. The van der Waals surface area contributed by atoms with E-state index < -0.39 is 0 Å². The number of nitrogens with zero attached hydrogens (tertiary/aromatic N) is 3. The average Bonchev–Trinajstić information content (AvgIpc) is 3.10. The van der Waals surface area contributed by atoms with E-state index in [-0.39, 0.29) is 0 Å². The summed E-state index contributed by atoms with van der Waals surface area (Å²) in [6.07, 6.45) is 9.70. The van der Waals surface area contributed by atoms with Gasteiger partial charge in [-0.15, -0.1) is 0 Å². The number of aryl methyl sites for hydroxylation is 1. The van der Waals surface area contributed by atoms with Crippen LogP contribution in [-0.2, 0) is 13.1 Å². The predicted octanol–water partition coefficient (Wildman–Crippen LogP) is 1.87. The van der Waals surface area contributed by atoms with Crippen LogP contribution in [-0.4, -0.2) is 40.4 Å². The van der Waals surface area contributed by atoms with Gasteiger partial charge in [-0.2, -0.15) is 5.10 Å². The van der Waals surface area contributed by atoms with Gasteiger partial charge in [-0.1, -0.05) is 0 Å². The molecule has 1 unspecified atom stereocenters. The van der Waals surface area contributed by atoms with Crippen molar-refractivity contribution < 1.29 is 0 Å². The van der Waals surface area contributed by atoms with Crippen LogP contribution in [0.1, 0.15) is 38.2 Å². The van der Waals surface area contributed by atoms with E-state index in [1.807, 2.05) is 10.9 Å². The number of hydrogen-bond donors (Lipinski definition) is 1. The lowest BCUT2D eigenvalue weighted by molar-refractivity contribution is 0.157. The zero-order valence-electron chi connectivity index (χ0n) is 12.0. The molecule has 3 rings (SSSR count). The maximum atomic E-state index is 4.36. The van der Waals surface area contributed by atoms with Crippen LogP contribution in [0.25, 0.3) is 0 Å². The molecule has 4 nitrogen and oxygen atoms in total. The Kier molecular flexibility index (Phi) is 4.18. The predicted molar refractivity (Wildman–Crippen MR) is 76.9 cm³/mol. The van der Waals surface area contributed by atoms with Gasteiger partial charge in [0.25, 0.3) is 0 Å². The topological polar surface area (TPSA) is 33.1 Å². The first-order chi connectivity index (χ1) is 9.35. The molecule has 2 aliphatic rings. The summed E-state index contributed by atoms with van der Waals surface area (Å²) in [6, 6.07) is 0.810. The second-order valence-electron chi connectivity index (χ2n) is 6.02. The van der Waals surface area contributed by atoms with Crippen LogP contribution in [0.5, 0.6) is 0 Å². The van der Waals surface area contributed by atoms with Crippen molar-refractivity contribution in [3.63, 3.8) is 0 Å². The number of likely N-dealkylation sites (tertiary alicyclic amines) is 1. The third-order valence-electron chi connectivity index (χ3n) is 4.72. The number of aromatic nitrogens is 2. The van der Waals surface area contributed by atoms with E-state index in [0.717, 1.165) is 25.0 Å². The van der Waals surface area contributed by atoms with E-state index >= 15 is 0 Å². The Morgan fingerprint density at radius 1 is 1.32 bits per heavy atom. The lowest BCUT2D eigenvalue weighted by Crippen LogP contribution is -2.40. The second-order valence-corrected chi connectivity index (χ2v) is 6.02. The Balaban J connectivity index is 1.47. The highest BCUT2D eigenvalue weighted by molar-refractivity contribution is 5.04.